The van der Waals surface area contributed by atoms with E-state index in [1.165, 1.54) is 37.7 Å². The van der Waals surface area contributed by atoms with Crippen molar-refractivity contribution in [2.45, 2.75) is 83.0 Å². The Bertz CT molecular complexity index is 896. The maximum absolute atomic E-state index is 13.2. The molecule has 2 atom stereocenters. The lowest BCUT2D eigenvalue weighted by Gasteiger charge is -2.37. The number of rotatable bonds is 5. The fourth-order valence-electron chi connectivity index (χ4n) is 5.90. The number of nitrogens with zero attached hydrogens (tertiary/aromatic N) is 3. The van der Waals surface area contributed by atoms with Gasteiger partial charge in [-0.05, 0) is 50.5 Å². The number of carbonyl (C=O) groups is 1. The summed E-state index contributed by atoms with van der Waals surface area (Å²) in [6, 6.07) is 11.7. The fraction of sp³-hybridized carbons (Fsp3) is 0.615. The van der Waals surface area contributed by atoms with E-state index in [-0.39, 0.29) is 11.9 Å². The van der Waals surface area contributed by atoms with E-state index in [4.69, 9.17) is 0 Å². The average Bonchev–Trinajstić information content (AvgIpc) is 3.26. The summed E-state index contributed by atoms with van der Waals surface area (Å²) >= 11 is 0. The molecule has 1 aliphatic carbocycles. The zero-order chi connectivity index (χ0) is 21.9. The number of aromatic nitrogens is 2. The summed E-state index contributed by atoms with van der Waals surface area (Å²) in [4.78, 5) is 15.7. The van der Waals surface area contributed by atoms with Crippen LogP contribution in [0.15, 0.2) is 36.5 Å². The molecule has 2 fully saturated rings. The second-order valence-corrected chi connectivity index (χ2v) is 10.1. The van der Waals surface area contributed by atoms with Crippen LogP contribution in [-0.2, 0) is 6.54 Å². The van der Waals surface area contributed by atoms with Gasteiger partial charge >= 0.3 is 0 Å². The highest BCUT2D eigenvalue weighted by molar-refractivity contribution is 5.99. The molecule has 2 aliphatic heterocycles. The molecular weight excluding hydrogens is 398 g/mol. The first kappa shape index (κ1) is 21.5. The van der Waals surface area contributed by atoms with Crippen molar-refractivity contribution in [3.8, 4) is 0 Å². The van der Waals surface area contributed by atoms with Crippen molar-refractivity contribution < 1.29 is 4.79 Å². The van der Waals surface area contributed by atoms with Gasteiger partial charge in [-0.15, -0.1) is 0 Å². The van der Waals surface area contributed by atoms with Gasteiger partial charge < -0.3 is 10.6 Å². The molecule has 0 radical (unpaired) electrons. The number of hydrogen-bond acceptors (Lipinski definition) is 4. The van der Waals surface area contributed by atoms with E-state index in [1.807, 2.05) is 4.68 Å². The third kappa shape index (κ3) is 4.70. The molecule has 1 saturated heterocycles. The lowest BCUT2D eigenvalue weighted by molar-refractivity contribution is 0.0909. The lowest BCUT2D eigenvalue weighted by Crippen LogP contribution is -2.44. The monoisotopic (exact) mass is 435 g/mol. The van der Waals surface area contributed by atoms with Crippen molar-refractivity contribution in [2.75, 3.05) is 18.4 Å². The molecule has 32 heavy (non-hydrogen) atoms. The molecule has 1 aromatic carbocycles. The molecule has 6 heteroatoms. The van der Waals surface area contributed by atoms with Gasteiger partial charge in [-0.25, -0.2) is 4.68 Å². The van der Waals surface area contributed by atoms with E-state index in [0.717, 1.165) is 50.6 Å². The summed E-state index contributed by atoms with van der Waals surface area (Å²) in [7, 11) is 0. The second-order valence-electron chi connectivity index (χ2n) is 10.1. The third-order valence-electron chi connectivity index (χ3n) is 7.77. The molecule has 172 valence electrons. The van der Waals surface area contributed by atoms with E-state index in [0.29, 0.717) is 17.6 Å². The zero-order valence-electron chi connectivity index (χ0n) is 19.3. The zero-order valence-corrected chi connectivity index (χ0v) is 19.3. The molecule has 3 heterocycles. The summed E-state index contributed by atoms with van der Waals surface area (Å²) in [5.74, 6) is 1.68. The summed E-state index contributed by atoms with van der Waals surface area (Å²) in [5, 5.41) is 11.6. The van der Waals surface area contributed by atoms with Crippen LogP contribution in [0.25, 0.3) is 0 Å². The van der Waals surface area contributed by atoms with Gasteiger partial charge in [0.2, 0.25) is 0 Å². The van der Waals surface area contributed by atoms with Crippen molar-refractivity contribution in [1.82, 2.24) is 20.0 Å². The summed E-state index contributed by atoms with van der Waals surface area (Å²) < 4.78 is 2.02. The van der Waals surface area contributed by atoms with Gasteiger partial charge in [-0.2, -0.15) is 5.10 Å². The molecular formula is C26H37N5O. The topological polar surface area (TPSA) is 62.2 Å². The van der Waals surface area contributed by atoms with Crippen LogP contribution in [0.1, 0.15) is 80.3 Å². The van der Waals surface area contributed by atoms with Crippen LogP contribution < -0.4 is 10.6 Å². The van der Waals surface area contributed by atoms with Crippen LogP contribution in [0, 0.1) is 5.92 Å². The molecule has 3 aliphatic rings. The quantitative estimate of drug-likeness (QED) is 0.720. The van der Waals surface area contributed by atoms with Crippen LogP contribution >= 0.6 is 0 Å². The molecule has 6 nitrogen and oxygen atoms in total. The largest absolute Gasteiger partial charge is 0.367 e. The van der Waals surface area contributed by atoms with Gasteiger partial charge in [0.1, 0.15) is 11.4 Å². The van der Waals surface area contributed by atoms with Gasteiger partial charge in [0, 0.05) is 31.7 Å². The van der Waals surface area contributed by atoms with E-state index in [9.17, 15) is 4.79 Å². The Hall–Kier alpha value is -2.34. The fourth-order valence-corrected chi connectivity index (χ4v) is 5.90. The van der Waals surface area contributed by atoms with E-state index in [2.05, 4.69) is 57.9 Å². The number of likely N-dealkylation sites (tertiary alicyclic amines) is 1. The number of carbonyl (C=O) groups excluding carboxylic acids is 1. The first-order valence-corrected chi connectivity index (χ1v) is 12.6. The standard InChI is InChI=1S/C26H37N5O/c1-19-16-24(21-10-6-3-7-11-21)29-25-23(17-27-31(19)25)26(32)28-22-12-14-30(15-13-22)18-20-8-4-2-5-9-20/h2,4-5,8-9,17,19,21-22,24,29H,3,6-7,10-16,18H2,1H3,(H,28,32). The molecule has 2 unspecified atom stereocenters. The number of hydrogen-bond donors (Lipinski definition) is 2. The number of anilines is 1. The number of piperidine rings is 1. The highest BCUT2D eigenvalue weighted by Crippen LogP contribution is 2.37. The molecule has 0 spiro atoms. The Morgan fingerprint density at radius 3 is 2.59 bits per heavy atom. The molecule has 2 aromatic rings. The Morgan fingerprint density at radius 1 is 1.09 bits per heavy atom. The minimum atomic E-state index is 0.0248. The van der Waals surface area contributed by atoms with Crippen LogP contribution in [0.2, 0.25) is 0 Å². The number of benzene rings is 1. The average molecular weight is 436 g/mol. The minimum Gasteiger partial charge on any atom is -0.367 e. The number of fused-ring (bicyclic) bond motifs is 1. The Morgan fingerprint density at radius 2 is 1.84 bits per heavy atom. The molecule has 1 saturated carbocycles. The Labute approximate surface area is 191 Å². The van der Waals surface area contributed by atoms with Crippen LogP contribution in [-0.4, -0.2) is 45.8 Å². The Balaban J connectivity index is 1.18. The predicted molar refractivity (Wildman–Crippen MR) is 128 cm³/mol. The van der Waals surface area contributed by atoms with Crippen molar-refractivity contribution in [2.24, 2.45) is 5.92 Å². The second kappa shape index (κ2) is 9.65. The molecule has 1 aromatic heterocycles. The van der Waals surface area contributed by atoms with Gasteiger partial charge in [-0.3, -0.25) is 9.69 Å². The summed E-state index contributed by atoms with van der Waals surface area (Å²) in [6.07, 6.45) is 11.5. The Kier molecular flexibility index (Phi) is 6.49. The van der Waals surface area contributed by atoms with E-state index < -0.39 is 0 Å². The van der Waals surface area contributed by atoms with Crippen LogP contribution in [0.5, 0.6) is 0 Å². The maximum atomic E-state index is 13.2. The van der Waals surface area contributed by atoms with Gasteiger partial charge in [-0.1, -0.05) is 49.6 Å². The van der Waals surface area contributed by atoms with Gasteiger partial charge in [0.25, 0.3) is 5.91 Å². The smallest absolute Gasteiger partial charge is 0.256 e. The van der Waals surface area contributed by atoms with E-state index in [1.54, 1.807) is 6.20 Å². The van der Waals surface area contributed by atoms with Crippen molar-refractivity contribution >= 4 is 11.7 Å². The maximum Gasteiger partial charge on any atom is 0.256 e. The van der Waals surface area contributed by atoms with Crippen molar-refractivity contribution in [3.63, 3.8) is 0 Å². The summed E-state index contributed by atoms with van der Waals surface area (Å²) in [6.45, 7) is 5.26. The van der Waals surface area contributed by atoms with Crippen LogP contribution in [0.3, 0.4) is 0 Å². The van der Waals surface area contributed by atoms with Gasteiger partial charge in [0.15, 0.2) is 0 Å². The molecule has 2 N–H and O–H groups in total. The number of nitrogens with one attached hydrogen (secondary N) is 2. The molecule has 5 rings (SSSR count). The highest BCUT2D eigenvalue weighted by Gasteiger charge is 2.34. The lowest BCUT2D eigenvalue weighted by atomic mass is 9.81. The predicted octanol–water partition coefficient (Wildman–Crippen LogP) is 4.60. The van der Waals surface area contributed by atoms with Crippen LogP contribution in [0.4, 0.5) is 5.82 Å². The third-order valence-corrected chi connectivity index (χ3v) is 7.77. The van der Waals surface area contributed by atoms with E-state index >= 15 is 0 Å². The normalized spacial score (nSPS) is 25.2. The first-order valence-electron chi connectivity index (χ1n) is 12.6. The summed E-state index contributed by atoms with van der Waals surface area (Å²) in [5.41, 5.74) is 2.07. The minimum absolute atomic E-state index is 0.0248. The van der Waals surface area contributed by atoms with Gasteiger partial charge in [0.05, 0.1) is 12.2 Å². The highest BCUT2D eigenvalue weighted by atomic mass is 16.1. The van der Waals surface area contributed by atoms with Crippen molar-refractivity contribution in [1.29, 1.82) is 0 Å². The number of amides is 1. The first-order chi connectivity index (χ1) is 15.7. The van der Waals surface area contributed by atoms with Crippen molar-refractivity contribution in [3.05, 3.63) is 47.7 Å². The SMILES string of the molecule is CC1CC(C2CCCCC2)Nc2c(C(=O)NC3CCN(Cc4ccccc4)CC3)cnn21. The molecule has 0 bridgehead atoms. The molecule has 1 amide bonds.